The fraction of sp³-hybridized carbons (Fsp3) is 0.684. The summed E-state index contributed by atoms with van der Waals surface area (Å²) in [7, 11) is 6.29. The highest BCUT2D eigenvalue weighted by molar-refractivity contribution is 6.25. The lowest BCUT2D eigenvalue weighted by Crippen LogP contribution is -2.63. The first-order valence-electron chi connectivity index (χ1n) is 8.97. The molecule has 1 saturated carbocycles. The Morgan fingerprint density at radius 1 is 1.22 bits per heavy atom. The summed E-state index contributed by atoms with van der Waals surface area (Å²) in [5.74, 6) is 0.236. The number of hydrogen-bond donors (Lipinski definition) is 1. The number of ketones is 2. The van der Waals surface area contributed by atoms with E-state index in [1.165, 1.54) is 27.4 Å². The van der Waals surface area contributed by atoms with E-state index in [9.17, 15) is 14.7 Å². The molecule has 8 heteroatoms. The van der Waals surface area contributed by atoms with Gasteiger partial charge in [-0.25, -0.2) is 0 Å². The number of ether oxygens (including phenoxy) is 3. The molecule has 1 saturated heterocycles. The monoisotopic (exact) mass is 397 g/mol. The topological polar surface area (TPSA) is 85.3 Å². The van der Waals surface area contributed by atoms with E-state index in [2.05, 4.69) is 4.90 Å². The van der Waals surface area contributed by atoms with Crippen LogP contribution in [0.4, 0.5) is 0 Å². The third kappa shape index (κ3) is 1.72. The SMILES string of the molecule is COC1=CC(=O)C2(C(Cl)C[C@@]34C(OC)=C(OC)C(=O)CC23CCN4C)[C@@H]1O. The minimum Gasteiger partial charge on any atom is -0.498 e. The number of nitrogens with zero attached hydrogens (tertiary/aromatic N) is 1. The zero-order valence-corrected chi connectivity index (χ0v) is 16.6. The molecule has 4 aliphatic rings. The Bertz CT molecular complexity index is 793. The van der Waals surface area contributed by atoms with Gasteiger partial charge in [-0.05, 0) is 26.4 Å². The second-order valence-electron chi connectivity index (χ2n) is 7.84. The van der Waals surface area contributed by atoms with E-state index in [0.29, 0.717) is 25.1 Å². The van der Waals surface area contributed by atoms with Gasteiger partial charge in [-0.2, -0.15) is 0 Å². The van der Waals surface area contributed by atoms with Gasteiger partial charge in [0.25, 0.3) is 0 Å². The normalized spacial score (nSPS) is 43.9. The molecule has 0 amide bonds. The number of allylic oxidation sites excluding steroid dienone is 2. The van der Waals surface area contributed by atoms with Crippen molar-refractivity contribution in [1.82, 2.24) is 4.90 Å². The van der Waals surface area contributed by atoms with Gasteiger partial charge in [0.1, 0.15) is 11.9 Å². The van der Waals surface area contributed by atoms with Gasteiger partial charge in [-0.1, -0.05) is 0 Å². The van der Waals surface area contributed by atoms with Crippen LogP contribution in [0.3, 0.4) is 0 Å². The van der Waals surface area contributed by atoms with E-state index < -0.39 is 27.8 Å². The van der Waals surface area contributed by atoms with Crippen LogP contribution in [-0.2, 0) is 23.8 Å². The maximum absolute atomic E-state index is 13.3. The van der Waals surface area contributed by atoms with Crippen LogP contribution in [0.1, 0.15) is 19.3 Å². The summed E-state index contributed by atoms with van der Waals surface area (Å²) in [4.78, 5) is 28.4. The summed E-state index contributed by atoms with van der Waals surface area (Å²) in [6.07, 6.45) is 1.08. The van der Waals surface area contributed by atoms with Gasteiger partial charge in [-0.15, -0.1) is 11.6 Å². The number of aliphatic hydroxyl groups excluding tert-OH is 1. The van der Waals surface area contributed by atoms with Gasteiger partial charge in [0.15, 0.2) is 11.5 Å². The number of Topliss-reactive ketones (excluding diaryl/α,β-unsaturated/α-hetero) is 1. The van der Waals surface area contributed by atoms with E-state index >= 15 is 0 Å². The predicted octanol–water partition coefficient (Wildman–Crippen LogP) is 0.996. The van der Waals surface area contributed by atoms with Crippen molar-refractivity contribution in [3.63, 3.8) is 0 Å². The second kappa shape index (κ2) is 5.72. The molecule has 0 aromatic heterocycles. The van der Waals surface area contributed by atoms with Crippen molar-refractivity contribution in [2.24, 2.45) is 10.8 Å². The molecule has 4 rings (SSSR count). The van der Waals surface area contributed by atoms with Crippen LogP contribution >= 0.6 is 11.6 Å². The highest BCUT2D eigenvalue weighted by Crippen LogP contribution is 2.74. The van der Waals surface area contributed by atoms with E-state index in [4.69, 9.17) is 25.8 Å². The summed E-state index contributed by atoms with van der Waals surface area (Å²) in [6, 6.07) is 0. The minimum absolute atomic E-state index is 0.0597. The summed E-state index contributed by atoms with van der Waals surface area (Å²) in [6.45, 7) is 0.644. The van der Waals surface area contributed by atoms with Crippen LogP contribution in [0.25, 0.3) is 0 Å². The third-order valence-corrected chi connectivity index (χ3v) is 7.90. The Labute approximate surface area is 162 Å². The Balaban J connectivity index is 2.04. The standard InChI is InChI=1S/C19H24ClNO6/c1-21-6-5-17-8-10(22)14(26-3)16(27-4)18(17,21)9-12(20)19(17)13(23)7-11(25-2)15(19)24/h7,12,15,24H,5-6,8-9H2,1-4H3/t12?,15-,17?,18-,19?/m1/s1. The number of likely N-dealkylation sites (tertiary alicyclic amines) is 1. The molecule has 1 spiro atoms. The molecule has 3 unspecified atom stereocenters. The van der Waals surface area contributed by atoms with Crippen LogP contribution in [0.5, 0.6) is 0 Å². The molecule has 2 fully saturated rings. The molecule has 7 nitrogen and oxygen atoms in total. The Morgan fingerprint density at radius 2 is 1.93 bits per heavy atom. The number of rotatable bonds is 3. The summed E-state index contributed by atoms with van der Waals surface area (Å²) >= 11 is 6.85. The highest BCUT2D eigenvalue weighted by atomic mass is 35.5. The smallest absolute Gasteiger partial charge is 0.201 e. The van der Waals surface area contributed by atoms with Crippen LogP contribution in [-0.4, -0.2) is 73.5 Å². The Kier molecular flexibility index (Phi) is 3.98. The van der Waals surface area contributed by atoms with Crippen LogP contribution in [0, 0.1) is 10.8 Å². The molecule has 0 radical (unpaired) electrons. The maximum atomic E-state index is 13.3. The minimum atomic E-state index is -1.34. The van der Waals surface area contributed by atoms with E-state index in [0.717, 1.165) is 0 Å². The van der Waals surface area contributed by atoms with Crippen molar-refractivity contribution < 1.29 is 28.9 Å². The highest BCUT2D eigenvalue weighted by Gasteiger charge is 2.83. The van der Waals surface area contributed by atoms with Gasteiger partial charge in [0.2, 0.25) is 11.5 Å². The van der Waals surface area contributed by atoms with Gasteiger partial charge < -0.3 is 19.3 Å². The first-order valence-corrected chi connectivity index (χ1v) is 9.41. The first-order chi connectivity index (χ1) is 12.8. The summed E-state index contributed by atoms with van der Waals surface area (Å²) in [5.41, 5.74) is -3.05. The summed E-state index contributed by atoms with van der Waals surface area (Å²) < 4.78 is 16.4. The molecule has 148 valence electrons. The second-order valence-corrected chi connectivity index (χ2v) is 8.37. The lowest BCUT2D eigenvalue weighted by molar-refractivity contribution is -0.148. The Morgan fingerprint density at radius 3 is 2.48 bits per heavy atom. The van der Waals surface area contributed by atoms with Crippen molar-refractivity contribution in [2.75, 3.05) is 34.9 Å². The molecule has 5 atom stereocenters. The number of aliphatic hydroxyl groups is 1. The average Bonchev–Trinajstić information content (AvgIpc) is 3.15. The quantitative estimate of drug-likeness (QED) is 0.711. The number of carbonyl (C=O) groups is 2. The lowest BCUT2D eigenvalue weighted by atomic mass is 9.52. The lowest BCUT2D eigenvalue weighted by Gasteiger charge is -2.53. The third-order valence-electron chi connectivity index (χ3n) is 7.40. The van der Waals surface area contributed by atoms with Gasteiger partial charge in [0, 0.05) is 17.9 Å². The van der Waals surface area contributed by atoms with Crippen LogP contribution in [0.2, 0.25) is 0 Å². The maximum Gasteiger partial charge on any atom is 0.201 e. The molecule has 27 heavy (non-hydrogen) atoms. The largest absolute Gasteiger partial charge is 0.498 e. The first kappa shape index (κ1) is 18.8. The number of halogens is 1. The zero-order chi connectivity index (χ0) is 19.8. The number of hydrogen-bond acceptors (Lipinski definition) is 7. The molecule has 0 aromatic carbocycles. The average molecular weight is 398 g/mol. The van der Waals surface area contributed by atoms with Crippen molar-refractivity contribution in [3.05, 3.63) is 23.4 Å². The molecule has 0 bridgehead atoms. The van der Waals surface area contributed by atoms with Crippen molar-refractivity contribution >= 4 is 23.2 Å². The number of alkyl halides is 1. The fourth-order valence-corrected chi connectivity index (χ4v) is 7.08. The predicted molar refractivity (Wildman–Crippen MR) is 95.9 cm³/mol. The van der Waals surface area contributed by atoms with Crippen LogP contribution < -0.4 is 0 Å². The zero-order valence-electron chi connectivity index (χ0n) is 15.9. The molecule has 1 heterocycles. The molecule has 1 N–H and O–H groups in total. The van der Waals surface area contributed by atoms with Gasteiger partial charge in [0.05, 0.1) is 37.7 Å². The van der Waals surface area contributed by atoms with Crippen molar-refractivity contribution in [1.29, 1.82) is 0 Å². The number of carbonyl (C=O) groups excluding carboxylic acids is 2. The molecule has 3 aliphatic carbocycles. The Hall–Kier alpha value is -1.57. The molecular weight excluding hydrogens is 374 g/mol. The molecule has 0 aromatic rings. The van der Waals surface area contributed by atoms with Crippen molar-refractivity contribution in [2.45, 2.75) is 36.3 Å². The van der Waals surface area contributed by atoms with Gasteiger partial charge in [-0.3, -0.25) is 14.5 Å². The van der Waals surface area contributed by atoms with E-state index in [1.807, 2.05) is 7.05 Å². The molecule has 1 aliphatic heterocycles. The van der Waals surface area contributed by atoms with Crippen LogP contribution in [0.15, 0.2) is 23.4 Å². The summed E-state index contributed by atoms with van der Waals surface area (Å²) in [5, 5.41) is 10.5. The molecular formula is C19H24ClNO6. The fourth-order valence-electron chi connectivity index (χ4n) is 6.42. The number of likely N-dealkylation sites (N-methyl/N-ethyl adjacent to an activating group) is 1. The number of methoxy groups -OCH3 is 3. The van der Waals surface area contributed by atoms with E-state index in [1.54, 1.807) is 0 Å². The van der Waals surface area contributed by atoms with E-state index in [-0.39, 0.29) is 29.5 Å². The van der Waals surface area contributed by atoms with Gasteiger partial charge >= 0.3 is 0 Å². The van der Waals surface area contributed by atoms with Crippen molar-refractivity contribution in [3.8, 4) is 0 Å².